The Morgan fingerprint density at radius 1 is 1.23 bits per heavy atom. The second kappa shape index (κ2) is 9.81. The Hall–Kier alpha value is -2.55. The molecule has 0 aliphatic carbocycles. The van der Waals surface area contributed by atoms with E-state index in [4.69, 9.17) is 21.6 Å². The largest absolute Gasteiger partial charge is 0.495 e. The molecule has 0 aliphatic rings. The van der Waals surface area contributed by atoms with Crippen molar-refractivity contribution in [3.63, 3.8) is 0 Å². The number of rotatable bonds is 8. The highest BCUT2D eigenvalue weighted by Gasteiger charge is 2.22. The number of carbonyl (C=O) groups excluding carboxylic acids is 1. The van der Waals surface area contributed by atoms with Gasteiger partial charge < -0.3 is 14.5 Å². The van der Waals surface area contributed by atoms with Crippen molar-refractivity contribution in [2.75, 3.05) is 32.1 Å². The zero-order valence-corrected chi connectivity index (χ0v) is 15.8. The number of para-hydroxylation sites is 2. The number of methoxy groups -OCH3 is 1. The fourth-order valence-electron chi connectivity index (χ4n) is 2.76. The van der Waals surface area contributed by atoms with Crippen LogP contribution < -0.4 is 14.5 Å². The predicted octanol–water partition coefficient (Wildman–Crippen LogP) is 2.31. The van der Waals surface area contributed by atoms with E-state index in [2.05, 4.69) is 6.07 Å². The first-order valence-electron chi connectivity index (χ1n) is 8.41. The summed E-state index contributed by atoms with van der Waals surface area (Å²) < 4.78 is 5.37. The van der Waals surface area contributed by atoms with Crippen LogP contribution in [0, 0.1) is 11.3 Å². The number of anilines is 1. The van der Waals surface area contributed by atoms with E-state index < -0.39 is 0 Å². The first-order chi connectivity index (χ1) is 12.5. The molecule has 0 heterocycles. The third-order valence-corrected chi connectivity index (χ3v) is 4.25. The van der Waals surface area contributed by atoms with E-state index in [-0.39, 0.29) is 12.3 Å². The maximum Gasteiger partial charge on any atom is 0.282 e. The number of nitrogens with one attached hydrogen (secondary N) is 1. The summed E-state index contributed by atoms with van der Waals surface area (Å²) in [6.45, 7) is 1.36. The molecular weight excluding hydrogens is 350 g/mol. The van der Waals surface area contributed by atoms with Crippen LogP contribution in [0.4, 0.5) is 5.69 Å². The first kappa shape index (κ1) is 19.8. The zero-order chi connectivity index (χ0) is 18.9. The summed E-state index contributed by atoms with van der Waals surface area (Å²) in [5.41, 5.74) is 1.80. The summed E-state index contributed by atoms with van der Waals surface area (Å²) >= 11 is 5.91. The Morgan fingerprint density at radius 3 is 2.58 bits per heavy atom. The van der Waals surface area contributed by atoms with Crippen molar-refractivity contribution < 1.29 is 14.4 Å². The molecule has 2 rings (SSSR count). The maximum absolute atomic E-state index is 12.9. The third kappa shape index (κ3) is 5.48. The second-order valence-corrected chi connectivity index (χ2v) is 6.50. The van der Waals surface area contributed by atoms with Crippen molar-refractivity contribution in [1.29, 1.82) is 5.26 Å². The number of quaternary nitrogens is 1. The number of hydrogen-bond donors (Lipinski definition) is 1. The van der Waals surface area contributed by atoms with Gasteiger partial charge in [0.1, 0.15) is 12.3 Å². The summed E-state index contributed by atoms with van der Waals surface area (Å²) in [6, 6.07) is 17.1. The molecule has 26 heavy (non-hydrogen) atoms. The van der Waals surface area contributed by atoms with E-state index in [1.165, 1.54) is 0 Å². The van der Waals surface area contributed by atoms with Crippen LogP contribution in [0.3, 0.4) is 0 Å². The van der Waals surface area contributed by atoms with E-state index in [0.717, 1.165) is 10.5 Å². The van der Waals surface area contributed by atoms with E-state index >= 15 is 0 Å². The highest BCUT2D eigenvalue weighted by atomic mass is 35.5. The number of halogens is 1. The minimum atomic E-state index is -0.0452. The SMILES string of the molecule is COc1ccccc1N(CCC#N)C(=O)C[NH+](C)Cc1ccc(Cl)cc1. The van der Waals surface area contributed by atoms with Gasteiger partial charge in [0.25, 0.3) is 5.91 Å². The highest BCUT2D eigenvalue weighted by Crippen LogP contribution is 2.27. The van der Waals surface area contributed by atoms with Gasteiger partial charge in [-0.05, 0) is 24.3 Å². The quantitative estimate of drug-likeness (QED) is 0.773. The minimum absolute atomic E-state index is 0.0452. The summed E-state index contributed by atoms with van der Waals surface area (Å²) in [6.07, 6.45) is 0.264. The smallest absolute Gasteiger partial charge is 0.282 e. The Labute approximate surface area is 159 Å². The molecule has 0 saturated carbocycles. The van der Waals surface area contributed by atoms with Crippen molar-refractivity contribution in [3.8, 4) is 11.8 Å². The van der Waals surface area contributed by atoms with Crippen molar-refractivity contribution in [2.24, 2.45) is 0 Å². The number of amides is 1. The first-order valence-corrected chi connectivity index (χ1v) is 8.79. The molecule has 0 radical (unpaired) electrons. The van der Waals surface area contributed by atoms with Gasteiger partial charge in [0.05, 0.1) is 32.3 Å². The average Bonchev–Trinajstić information content (AvgIpc) is 2.64. The molecule has 0 saturated heterocycles. The van der Waals surface area contributed by atoms with Gasteiger partial charge in [-0.2, -0.15) is 5.26 Å². The molecule has 1 atom stereocenters. The number of nitriles is 1. The molecule has 0 spiro atoms. The molecule has 0 aliphatic heterocycles. The standard InChI is InChI=1S/C20H22ClN3O2/c1-23(14-16-8-10-17(21)11-9-16)15-20(25)24(13-5-12-22)18-6-3-4-7-19(18)26-2/h3-4,6-11H,5,13-15H2,1-2H3/p+1. The minimum Gasteiger partial charge on any atom is -0.495 e. The molecule has 2 aromatic rings. The second-order valence-electron chi connectivity index (χ2n) is 6.06. The molecule has 1 N–H and O–H groups in total. The third-order valence-electron chi connectivity index (χ3n) is 4.00. The number of nitrogens with zero attached hydrogens (tertiary/aromatic N) is 2. The Kier molecular flexibility index (Phi) is 7.46. The molecule has 5 nitrogen and oxygen atoms in total. The van der Waals surface area contributed by atoms with Crippen LogP contribution in [0.1, 0.15) is 12.0 Å². The summed E-state index contributed by atoms with van der Waals surface area (Å²) in [7, 11) is 3.54. The van der Waals surface area contributed by atoms with Crippen molar-refractivity contribution in [1.82, 2.24) is 0 Å². The van der Waals surface area contributed by atoms with Gasteiger partial charge in [-0.25, -0.2) is 0 Å². The van der Waals surface area contributed by atoms with Gasteiger partial charge in [-0.15, -0.1) is 0 Å². The van der Waals surface area contributed by atoms with Crippen LogP contribution in [0.25, 0.3) is 0 Å². The number of hydrogen-bond acceptors (Lipinski definition) is 3. The number of benzene rings is 2. The fraction of sp³-hybridized carbons (Fsp3) is 0.300. The average molecular weight is 373 g/mol. The summed E-state index contributed by atoms with van der Waals surface area (Å²) in [4.78, 5) is 15.6. The summed E-state index contributed by atoms with van der Waals surface area (Å²) in [5, 5.41) is 9.63. The normalized spacial score (nSPS) is 11.5. The van der Waals surface area contributed by atoms with Crippen molar-refractivity contribution >= 4 is 23.2 Å². The lowest BCUT2D eigenvalue weighted by Gasteiger charge is -2.25. The molecule has 136 valence electrons. The lowest BCUT2D eigenvalue weighted by molar-refractivity contribution is -0.885. The monoisotopic (exact) mass is 372 g/mol. The van der Waals surface area contributed by atoms with Gasteiger partial charge in [-0.1, -0.05) is 35.9 Å². The van der Waals surface area contributed by atoms with Crippen LogP contribution in [0.5, 0.6) is 5.75 Å². The molecular formula is C20H23ClN3O2+. The van der Waals surface area contributed by atoms with Gasteiger partial charge >= 0.3 is 0 Å². The fourth-order valence-corrected chi connectivity index (χ4v) is 2.89. The maximum atomic E-state index is 12.9. The van der Waals surface area contributed by atoms with Crippen LogP contribution in [0.15, 0.2) is 48.5 Å². The predicted molar refractivity (Wildman–Crippen MR) is 102 cm³/mol. The summed E-state index contributed by atoms with van der Waals surface area (Å²) in [5.74, 6) is 0.574. The molecule has 1 amide bonds. The van der Waals surface area contributed by atoms with E-state index in [0.29, 0.717) is 36.1 Å². The van der Waals surface area contributed by atoms with Gasteiger partial charge in [-0.3, -0.25) is 4.79 Å². The van der Waals surface area contributed by atoms with Gasteiger partial charge in [0, 0.05) is 17.1 Å². The topological polar surface area (TPSA) is 57.8 Å². The van der Waals surface area contributed by atoms with Crippen LogP contribution in [-0.2, 0) is 11.3 Å². The number of ether oxygens (including phenoxy) is 1. The number of likely N-dealkylation sites (N-methyl/N-ethyl adjacent to an activating group) is 1. The van der Waals surface area contributed by atoms with Gasteiger partial charge in [0.2, 0.25) is 0 Å². The Balaban J connectivity index is 2.10. The van der Waals surface area contributed by atoms with Gasteiger partial charge in [0.15, 0.2) is 6.54 Å². The lowest BCUT2D eigenvalue weighted by Crippen LogP contribution is -3.09. The number of carbonyl (C=O) groups is 1. The molecule has 6 heteroatoms. The molecule has 0 aromatic heterocycles. The molecule has 0 fully saturated rings. The Bertz CT molecular complexity index is 771. The van der Waals surface area contributed by atoms with Crippen molar-refractivity contribution in [2.45, 2.75) is 13.0 Å². The highest BCUT2D eigenvalue weighted by molar-refractivity contribution is 6.30. The molecule has 0 bridgehead atoms. The lowest BCUT2D eigenvalue weighted by atomic mass is 10.2. The van der Waals surface area contributed by atoms with Crippen LogP contribution in [-0.4, -0.2) is 33.2 Å². The Morgan fingerprint density at radius 2 is 1.92 bits per heavy atom. The van der Waals surface area contributed by atoms with Crippen LogP contribution in [0.2, 0.25) is 5.02 Å². The van der Waals surface area contributed by atoms with Crippen molar-refractivity contribution in [3.05, 3.63) is 59.1 Å². The zero-order valence-electron chi connectivity index (χ0n) is 15.0. The molecule has 1 unspecified atom stereocenters. The van der Waals surface area contributed by atoms with Crippen LogP contribution >= 0.6 is 11.6 Å². The van der Waals surface area contributed by atoms with E-state index in [9.17, 15) is 4.79 Å². The van der Waals surface area contributed by atoms with E-state index in [1.807, 2.05) is 55.6 Å². The van der Waals surface area contributed by atoms with E-state index in [1.54, 1.807) is 12.0 Å². The molecule has 2 aromatic carbocycles.